The van der Waals surface area contributed by atoms with Crippen molar-refractivity contribution in [2.24, 2.45) is 0 Å². The molecule has 0 atom stereocenters. The summed E-state index contributed by atoms with van der Waals surface area (Å²) in [6, 6.07) is 5.44. The molecule has 0 fully saturated rings. The first kappa shape index (κ1) is 6.40. The Morgan fingerprint density at radius 1 is 1.36 bits per heavy atom. The third-order valence-corrected chi connectivity index (χ3v) is 1.68. The van der Waals surface area contributed by atoms with Gasteiger partial charge in [0, 0.05) is 0 Å². The second-order valence-electron chi connectivity index (χ2n) is 2.58. The van der Waals surface area contributed by atoms with Crippen LogP contribution < -0.4 is 0 Å². The lowest BCUT2D eigenvalue weighted by molar-refractivity contribution is 0.558. The summed E-state index contributed by atoms with van der Waals surface area (Å²) in [5.41, 5.74) is 1.64. The fourth-order valence-electron chi connectivity index (χ4n) is 1.11. The molecule has 56 valence electrons. The quantitative estimate of drug-likeness (QED) is 0.562. The van der Waals surface area contributed by atoms with Crippen molar-refractivity contribution in [3.8, 4) is 0 Å². The van der Waals surface area contributed by atoms with Crippen LogP contribution in [0.2, 0.25) is 0 Å². The second kappa shape index (κ2) is 2.09. The highest BCUT2D eigenvalue weighted by Gasteiger charge is 2.03. The molecule has 0 aliphatic heterocycles. The molecule has 0 saturated carbocycles. The van der Waals surface area contributed by atoms with Gasteiger partial charge in [0.15, 0.2) is 5.82 Å². The Kier molecular flexibility index (Phi) is 1.22. The van der Waals surface area contributed by atoms with E-state index < -0.39 is 0 Å². The predicted molar refractivity (Wildman–Crippen MR) is 40.9 cm³/mol. The average molecular weight is 150 g/mol. The van der Waals surface area contributed by atoms with Crippen molar-refractivity contribution in [2.45, 2.75) is 6.92 Å². The maximum atomic E-state index is 12.8. The first-order valence-electron chi connectivity index (χ1n) is 3.41. The third-order valence-electron chi connectivity index (χ3n) is 1.68. The van der Waals surface area contributed by atoms with Crippen molar-refractivity contribution in [2.75, 3.05) is 0 Å². The van der Waals surface area contributed by atoms with Crippen molar-refractivity contribution in [1.82, 2.24) is 0 Å². The molecule has 1 aromatic carbocycles. The maximum Gasteiger partial charge on any atom is 0.169 e. The Morgan fingerprint density at radius 2 is 2.18 bits per heavy atom. The van der Waals surface area contributed by atoms with Gasteiger partial charge in [-0.05, 0) is 19.1 Å². The number of hydrogen-bond donors (Lipinski definition) is 0. The molecular formula is C9H7FO. The van der Waals surface area contributed by atoms with Crippen LogP contribution in [0.1, 0.15) is 5.56 Å². The standard InChI is InChI=1S/C9H7FO/c1-6-2-3-9-7(4-6)8(10)5-11-9/h2-5H,1H3. The maximum absolute atomic E-state index is 12.8. The summed E-state index contributed by atoms with van der Waals surface area (Å²) in [6.07, 6.45) is 1.13. The molecule has 11 heavy (non-hydrogen) atoms. The van der Waals surface area contributed by atoms with Gasteiger partial charge in [-0.2, -0.15) is 0 Å². The summed E-state index contributed by atoms with van der Waals surface area (Å²) in [5, 5.41) is 0.560. The van der Waals surface area contributed by atoms with Crippen LogP contribution in [0, 0.1) is 12.7 Å². The summed E-state index contributed by atoms with van der Waals surface area (Å²) < 4.78 is 17.8. The van der Waals surface area contributed by atoms with Crippen LogP contribution in [0.15, 0.2) is 28.9 Å². The molecule has 0 aliphatic carbocycles. The van der Waals surface area contributed by atoms with Crippen molar-refractivity contribution >= 4 is 11.0 Å². The fourth-order valence-corrected chi connectivity index (χ4v) is 1.11. The summed E-state index contributed by atoms with van der Waals surface area (Å²) in [5.74, 6) is -0.288. The summed E-state index contributed by atoms with van der Waals surface area (Å²) in [4.78, 5) is 0. The number of fused-ring (bicyclic) bond motifs is 1. The molecule has 0 unspecified atom stereocenters. The molecule has 0 spiro atoms. The van der Waals surface area contributed by atoms with E-state index in [1.54, 1.807) is 12.1 Å². The van der Waals surface area contributed by atoms with E-state index in [9.17, 15) is 4.39 Å². The lowest BCUT2D eigenvalue weighted by atomic mass is 10.2. The van der Waals surface area contributed by atoms with Gasteiger partial charge in [-0.3, -0.25) is 0 Å². The fraction of sp³-hybridized carbons (Fsp3) is 0.111. The Balaban J connectivity index is 2.87. The molecule has 1 heterocycles. The Bertz CT molecular complexity index is 389. The highest BCUT2D eigenvalue weighted by atomic mass is 19.1. The van der Waals surface area contributed by atoms with E-state index in [0.717, 1.165) is 11.8 Å². The van der Waals surface area contributed by atoms with Gasteiger partial charge < -0.3 is 4.42 Å². The summed E-state index contributed by atoms with van der Waals surface area (Å²) >= 11 is 0. The van der Waals surface area contributed by atoms with E-state index in [1.807, 2.05) is 13.0 Å². The van der Waals surface area contributed by atoms with Crippen molar-refractivity contribution in [3.05, 3.63) is 35.8 Å². The number of hydrogen-bond acceptors (Lipinski definition) is 1. The van der Waals surface area contributed by atoms with Crippen LogP contribution >= 0.6 is 0 Å². The molecule has 0 bridgehead atoms. The number of aryl methyl sites for hydroxylation is 1. The van der Waals surface area contributed by atoms with Gasteiger partial charge in [-0.1, -0.05) is 11.6 Å². The molecule has 1 nitrogen and oxygen atoms in total. The van der Waals surface area contributed by atoms with Gasteiger partial charge in [-0.25, -0.2) is 4.39 Å². The van der Waals surface area contributed by atoms with Crippen LogP contribution in [0.5, 0.6) is 0 Å². The minimum absolute atomic E-state index is 0.288. The minimum atomic E-state index is -0.288. The zero-order valence-corrected chi connectivity index (χ0v) is 6.10. The van der Waals surface area contributed by atoms with Crippen LogP contribution in [-0.2, 0) is 0 Å². The molecule has 0 N–H and O–H groups in total. The van der Waals surface area contributed by atoms with Gasteiger partial charge >= 0.3 is 0 Å². The summed E-state index contributed by atoms with van der Waals surface area (Å²) in [7, 11) is 0. The van der Waals surface area contributed by atoms with Crippen LogP contribution in [0.25, 0.3) is 11.0 Å². The van der Waals surface area contributed by atoms with Gasteiger partial charge in [0.25, 0.3) is 0 Å². The van der Waals surface area contributed by atoms with Gasteiger partial charge in [-0.15, -0.1) is 0 Å². The molecule has 1 aromatic heterocycles. The first-order valence-corrected chi connectivity index (χ1v) is 3.41. The van der Waals surface area contributed by atoms with Gasteiger partial charge in [0.1, 0.15) is 11.8 Å². The first-order chi connectivity index (χ1) is 5.27. The smallest absolute Gasteiger partial charge is 0.169 e. The largest absolute Gasteiger partial charge is 0.461 e. The second-order valence-corrected chi connectivity index (χ2v) is 2.58. The van der Waals surface area contributed by atoms with E-state index in [1.165, 1.54) is 0 Å². The Hall–Kier alpha value is -1.31. The molecule has 0 radical (unpaired) electrons. The summed E-state index contributed by atoms with van der Waals surface area (Å²) in [6.45, 7) is 1.92. The predicted octanol–water partition coefficient (Wildman–Crippen LogP) is 2.88. The zero-order valence-electron chi connectivity index (χ0n) is 6.10. The minimum Gasteiger partial charge on any atom is -0.461 e. The number of rotatable bonds is 0. The van der Waals surface area contributed by atoms with E-state index in [-0.39, 0.29) is 5.82 Å². The normalized spacial score (nSPS) is 10.7. The Labute approximate surface area is 63.4 Å². The third kappa shape index (κ3) is 0.909. The lowest BCUT2D eigenvalue weighted by Crippen LogP contribution is -1.71. The highest BCUT2D eigenvalue weighted by molar-refractivity contribution is 5.78. The van der Waals surface area contributed by atoms with Crippen LogP contribution in [-0.4, -0.2) is 0 Å². The van der Waals surface area contributed by atoms with Crippen molar-refractivity contribution < 1.29 is 8.81 Å². The van der Waals surface area contributed by atoms with Gasteiger partial charge in [0.2, 0.25) is 0 Å². The van der Waals surface area contributed by atoms with E-state index in [2.05, 4.69) is 0 Å². The van der Waals surface area contributed by atoms with E-state index >= 15 is 0 Å². The van der Waals surface area contributed by atoms with Crippen molar-refractivity contribution in [3.63, 3.8) is 0 Å². The van der Waals surface area contributed by atoms with Crippen molar-refractivity contribution in [1.29, 1.82) is 0 Å². The molecule has 2 heteroatoms. The number of benzene rings is 1. The zero-order chi connectivity index (χ0) is 7.84. The monoisotopic (exact) mass is 150 g/mol. The SMILES string of the molecule is Cc1ccc2occ(F)c2c1. The molecular weight excluding hydrogens is 143 g/mol. The molecule has 2 aromatic rings. The molecule has 0 amide bonds. The molecule has 0 aliphatic rings. The lowest BCUT2D eigenvalue weighted by Gasteiger charge is -1.89. The van der Waals surface area contributed by atoms with Crippen LogP contribution in [0.3, 0.4) is 0 Å². The van der Waals surface area contributed by atoms with E-state index in [4.69, 9.17) is 4.42 Å². The molecule has 0 saturated heterocycles. The molecule has 2 rings (SSSR count). The highest BCUT2D eigenvalue weighted by Crippen LogP contribution is 2.20. The topological polar surface area (TPSA) is 13.1 Å². The number of furan rings is 1. The average Bonchev–Trinajstić information content (AvgIpc) is 2.33. The Morgan fingerprint density at radius 3 is 3.00 bits per heavy atom. The van der Waals surface area contributed by atoms with Crippen LogP contribution in [0.4, 0.5) is 4.39 Å². The van der Waals surface area contributed by atoms with Gasteiger partial charge in [0.05, 0.1) is 5.39 Å². The number of halogens is 1. The van der Waals surface area contributed by atoms with E-state index in [0.29, 0.717) is 11.0 Å².